The molecular weight excluding hydrogens is 390 g/mol. The van der Waals surface area contributed by atoms with Gasteiger partial charge >= 0.3 is 0 Å². The number of carbonyl (C=O) groups is 1. The third-order valence-corrected chi connectivity index (χ3v) is 7.25. The normalized spacial score (nSPS) is 11.8. The third kappa shape index (κ3) is 4.24. The number of rotatable bonds is 6. The van der Waals surface area contributed by atoms with Crippen LogP contribution in [-0.4, -0.2) is 43.5 Å². The summed E-state index contributed by atoms with van der Waals surface area (Å²) in [7, 11) is -0.523. The minimum Gasteiger partial charge on any atom is -0.301 e. The number of fused-ring (bicyclic) bond motifs is 1. The second-order valence-corrected chi connectivity index (χ2v) is 9.82. The van der Waals surface area contributed by atoms with Crippen LogP contribution in [0.1, 0.15) is 0 Å². The van der Waals surface area contributed by atoms with Gasteiger partial charge in [-0.15, -0.1) is 11.8 Å². The van der Waals surface area contributed by atoms with E-state index in [1.54, 1.807) is 12.1 Å². The maximum absolute atomic E-state index is 12.2. The second-order valence-electron chi connectivity index (χ2n) is 5.59. The number of nitrogens with zero attached hydrogens (tertiary/aromatic N) is 2. The van der Waals surface area contributed by atoms with Gasteiger partial charge in [0.25, 0.3) is 0 Å². The fourth-order valence-corrected chi connectivity index (χ4v) is 4.79. The van der Waals surface area contributed by atoms with Crippen molar-refractivity contribution in [1.29, 1.82) is 0 Å². The molecule has 1 heterocycles. The van der Waals surface area contributed by atoms with E-state index in [-0.39, 0.29) is 16.6 Å². The van der Waals surface area contributed by atoms with Gasteiger partial charge in [-0.1, -0.05) is 29.5 Å². The summed E-state index contributed by atoms with van der Waals surface area (Å²) in [5, 5.41) is 3.23. The van der Waals surface area contributed by atoms with Crippen molar-refractivity contribution in [2.45, 2.75) is 9.79 Å². The van der Waals surface area contributed by atoms with Crippen LogP contribution in [0.5, 0.6) is 0 Å². The summed E-state index contributed by atoms with van der Waals surface area (Å²) in [4.78, 5) is 17.7. The second kappa shape index (κ2) is 7.75. The average Bonchev–Trinajstić information content (AvgIpc) is 3.02. The predicted molar refractivity (Wildman–Crippen MR) is 106 cm³/mol. The zero-order valence-corrected chi connectivity index (χ0v) is 16.6. The van der Waals surface area contributed by atoms with E-state index in [9.17, 15) is 13.2 Å². The number of thioether (sulfide) groups is 1. The molecule has 6 nitrogen and oxygen atoms in total. The predicted octanol–water partition coefficient (Wildman–Crippen LogP) is 3.28. The van der Waals surface area contributed by atoms with Crippen LogP contribution in [-0.2, 0) is 14.8 Å². The van der Waals surface area contributed by atoms with Crippen LogP contribution in [0.4, 0.5) is 5.13 Å². The molecule has 0 radical (unpaired) electrons. The van der Waals surface area contributed by atoms with Crippen molar-refractivity contribution in [2.75, 3.05) is 25.2 Å². The van der Waals surface area contributed by atoms with E-state index < -0.39 is 10.0 Å². The first-order chi connectivity index (χ1) is 12.4. The number of thiazole rings is 1. The molecule has 0 saturated carbocycles. The number of nitrogens with one attached hydrogen (secondary N) is 1. The summed E-state index contributed by atoms with van der Waals surface area (Å²) in [6, 6.07) is 14.4. The third-order valence-electron chi connectivity index (χ3n) is 3.50. The highest BCUT2D eigenvalue weighted by atomic mass is 32.2. The zero-order chi connectivity index (χ0) is 18.7. The highest BCUT2D eigenvalue weighted by Gasteiger charge is 2.18. The highest BCUT2D eigenvalue weighted by Crippen LogP contribution is 2.29. The van der Waals surface area contributed by atoms with Gasteiger partial charge in [0.2, 0.25) is 15.9 Å². The number of aromatic nitrogens is 1. The van der Waals surface area contributed by atoms with Crippen molar-refractivity contribution >= 4 is 54.4 Å². The van der Waals surface area contributed by atoms with Crippen LogP contribution in [0.25, 0.3) is 10.2 Å². The maximum Gasteiger partial charge on any atom is 0.242 e. The van der Waals surface area contributed by atoms with Gasteiger partial charge in [0, 0.05) is 19.0 Å². The number of carbonyl (C=O) groups excluding carboxylic acids is 1. The van der Waals surface area contributed by atoms with Gasteiger partial charge in [-0.25, -0.2) is 17.7 Å². The molecule has 26 heavy (non-hydrogen) atoms. The van der Waals surface area contributed by atoms with Gasteiger partial charge in [-0.2, -0.15) is 0 Å². The van der Waals surface area contributed by atoms with Gasteiger partial charge in [0.15, 0.2) is 5.13 Å². The van der Waals surface area contributed by atoms with Crippen LogP contribution in [0, 0.1) is 0 Å². The van der Waals surface area contributed by atoms with Crippen LogP contribution in [0.15, 0.2) is 58.3 Å². The molecule has 0 aliphatic carbocycles. The molecule has 3 rings (SSSR count). The molecular formula is C17H17N3O3S3. The number of anilines is 1. The Morgan fingerprint density at radius 3 is 2.62 bits per heavy atom. The summed E-state index contributed by atoms with van der Waals surface area (Å²) in [5.41, 5.74) is 0.652. The van der Waals surface area contributed by atoms with E-state index in [2.05, 4.69) is 10.3 Å². The molecule has 0 aliphatic heterocycles. The van der Waals surface area contributed by atoms with E-state index in [0.717, 1.165) is 4.90 Å². The first-order valence-electron chi connectivity index (χ1n) is 7.67. The largest absolute Gasteiger partial charge is 0.301 e. The quantitative estimate of drug-likeness (QED) is 0.635. The Balaban J connectivity index is 1.72. The summed E-state index contributed by atoms with van der Waals surface area (Å²) in [5.74, 6) is 0.124. The lowest BCUT2D eigenvalue weighted by Gasteiger charge is -2.10. The molecule has 0 atom stereocenters. The molecule has 136 valence electrons. The number of benzene rings is 2. The number of amides is 1. The van der Waals surface area contributed by atoms with Crippen molar-refractivity contribution in [1.82, 2.24) is 9.29 Å². The Labute approximate surface area is 160 Å². The lowest BCUT2D eigenvalue weighted by Crippen LogP contribution is -2.22. The molecule has 1 N–H and O–H groups in total. The number of hydrogen-bond acceptors (Lipinski definition) is 6. The smallest absolute Gasteiger partial charge is 0.242 e. The molecule has 9 heteroatoms. The van der Waals surface area contributed by atoms with Crippen LogP contribution in [0.2, 0.25) is 0 Å². The first-order valence-corrected chi connectivity index (χ1v) is 10.9. The molecule has 3 aromatic rings. The first kappa shape index (κ1) is 18.8. The van der Waals surface area contributed by atoms with Crippen LogP contribution < -0.4 is 5.32 Å². The number of hydrogen-bond donors (Lipinski definition) is 1. The summed E-state index contributed by atoms with van der Waals surface area (Å²) < 4.78 is 26.3. The Morgan fingerprint density at radius 2 is 1.92 bits per heavy atom. The molecule has 2 aromatic carbocycles. The molecule has 0 aliphatic rings. The van der Waals surface area contributed by atoms with E-state index >= 15 is 0 Å². The van der Waals surface area contributed by atoms with E-state index in [0.29, 0.717) is 15.3 Å². The molecule has 0 fully saturated rings. The standard InChI is InChI=1S/C17H17N3O3S3/c1-20(2)26(22,23)13-8-9-14-15(10-13)25-17(18-14)19-16(21)11-24-12-6-4-3-5-7-12/h3-10H,11H2,1-2H3,(H,18,19,21). The minimum absolute atomic E-state index is 0.154. The maximum atomic E-state index is 12.2. The van der Waals surface area contributed by atoms with Crippen LogP contribution in [0.3, 0.4) is 0 Å². The van der Waals surface area contributed by atoms with Crippen molar-refractivity contribution in [3.05, 3.63) is 48.5 Å². The summed E-state index contributed by atoms with van der Waals surface area (Å²) in [6.45, 7) is 0. The van der Waals surface area contributed by atoms with Gasteiger partial charge in [-0.05, 0) is 30.3 Å². The Kier molecular flexibility index (Phi) is 5.61. The van der Waals surface area contributed by atoms with E-state index in [1.165, 1.54) is 47.6 Å². The lowest BCUT2D eigenvalue weighted by molar-refractivity contribution is -0.113. The summed E-state index contributed by atoms with van der Waals surface area (Å²) >= 11 is 2.70. The zero-order valence-electron chi connectivity index (χ0n) is 14.2. The molecule has 1 aromatic heterocycles. The average molecular weight is 408 g/mol. The van der Waals surface area contributed by atoms with Gasteiger partial charge in [0.1, 0.15) is 0 Å². The van der Waals surface area contributed by atoms with Crippen molar-refractivity contribution in [2.24, 2.45) is 0 Å². The van der Waals surface area contributed by atoms with E-state index in [1.807, 2.05) is 30.3 Å². The Bertz CT molecular complexity index is 1030. The molecule has 0 unspecified atom stereocenters. The topological polar surface area (TPSA) is 79.4 Å². The molecule has 0 bridgehead atoms. The highest BCUT2D eigenvalue weighted by molar-refractivity contribution is 8.00. The van der Waals surface area contributed by atoms with E-state index in [4.69, 9.17) is 0 Å². The minimum atomic E-state index is -3.50. The number of sulfonamides is 1. The SMILES string of the molecule is CN(C)S(=O)(=O)c1ccc2nc(NC(=O)CSc3ccccc3)sc2c1. The van der Waals surface area contributed by atoms with Gasteiger partial charge < -0.3 is 5.32 Å². The monoisotopic (exact) mass is 407 g/mol. The molecule has 1 amide bonds. The fourth-order valence-electron chi connectivity index (χ4n) is 2.15. The van der Waals surface area contributed by atoms with Crippen molar-refractivity contribution in [3.63, 3.8) is 0 Å². The van der Waals surface area contributed by atoms with Crippen molar-refractivity contribution < 1.29 is 13.2 Å². The molecule has 0 saturated heterocycles. The Morgan fingerprint density at radius 1 is 1.19 bits per heavy atom. The fraction of sp³-hybridized carbons (Fsp3) is 0.176. The van der Waals surface area contributed by atoms with Gasteiger partial charge in [-0.3, -0.25) is 4.79 Å². The van der Waals surface area contributed by atoms with Gasteiger partial charge in [0.05, 0.1) is 20.9 Å². The Hall–Kier alpha value is -1.94. The van der Waals surface area contributed by atoms with Crippen molar-refractivity contribution in [3.8, 4) is 0 Å². The summed E-state index contributed by atoms with van der Waals surface area (Å²) in [6.07, 6.45) is 0. The lowest BCUT2D eigenvalue weighted by atomic mass is 10.3. The van der Waals surface area contributed by atoms with Crippen LogP contribution >= 0.6 is 23.1 Å². The molecule has 0 spiro atoms.